The van der Waals surface area contributed by atoms with Crippen molar-refractivity contribution in [3.63, 3.8) is 0 Å². The van der Waals surface area contributed by atoms with Crippen LogP contribution in [0.25, 0.3) is 0 Å². The van der Waals surface area contributed by atoms with Crippen LogP contribution in [0, 0.1) is 11.8 Å². The number of carboxylic acids is 1. The number of carbonyl (C=O) groups is 1. The number of nitrogens with zero attached hydrogens (tertiary/aromatic N) is 3. The first-order valence-electron chi connectivity index (χ1n) is 6.49. The van der Waals surface area contributed by atoms with Gasteiger partial charge in [-0.2, -0.15) is 0 Å². The Hall–Kier alpha value is -1.85. The molecule has 104 valence electrons. The number of hydrogen-bond donors (Lipinski definition) is 1. The Kier molecular flexibility index (Phi) is 4.19. The van der Waals surface area contributed by atoms with Gasteiger partial charge in [-0.25, -0.2) is 9.97 Å². The largest absolute Gasteiger partial charge is 0.494 e. The summed E-state index contributed by atoms with van der Waals surface area (Å²) in [5.74, 6) is 0.293. The van der Waals surface area contributed by atoms with Crippen LogP contribution in [0.5, 0.6) is 5.75 Å². The molecule has 1 aliphatic heterocycles. The number of anilines is 1. The number of hydrogen-bond acceptors (Lipinski definition) is 5. The van der Waals surface area contributed by atoms with Gasteiger partial charge in [0.1, 0.15) is 0 Å². The molecule has 1 saturated heterocycles. The van der Waals surface area contributed by atoms with Gasteiger partial charge in [-0.1, -0.05) is 13.3 Å². The van der Waals surface area contributed by atoms with Gasteiger partial charge in [0.2, 0.25) is 5.95 Å². The first kappa shape index (κ1) is 13.6. The van der Waals surface area contributed by atoms with Crippen molar-refractivity contribution in [2.75, 3.05) is 25.1 Å². The van der Waals surface area contributed by atoms with E-state index in [-0.39, 0.29) is 11.8 Å². The van der Waals surface area contributed by atoms with E-state index in [1.165, 1.54) is 0 Å². The van der Waals surface area contributed by atoms with Crippen LogP contribution < -0.4 is 9.64 Å². The second kappa shape index (κ2) is 5.86. The quantitative estimate of drug-likeness (QED) is 0.867. The minimum absolute atomic E-state index is 0.174. The lowest BCUT2D eigenvalue weighted by atomic mass is 9.92. The number of methoxy groups -OCH3 is 1. The van der Waals surface area contributed by atoms with E-state index in [1.54, 1.807) is 19.5 Å². The Labute approximate surface area is 112 Å². The molecule has 2 heterocycles. The molecule has 1 aliphatic rings. The van der Waals surface area contributed by atoms with E-state index in [0.29, 0.717) is 24.8 Å². The number of aliphatic carboxylic acids is 1. The van der Waals surface area contributed by atoms with E-state index in [2.05, 4.69) is 16.9 Å². The van der Waals surface area contributed by atoms with Crippen LogP contribution >= 0.6 is 0 Å². The lowest BCUT2D eigenvalue weighted by Crippen LogP contribution is -2.24. The van der Waals surface area contributed by atoms with Crippen LogP contribution in [-0.2, 0) is 4.79 Å². The van der Waals surface area contributed by atoms with Crippen molar-refractivity contribution in [2.24, 2.45) is 11.8 Å². The maximum atomic E-state index is 11.3. The van der Waals surface area contributed by atoms with Crippen molar-refractivity contribution < 1.29 is 14.6 Å². The average Bonchev–Trinajstić information content (AvgIpc) is 2.83. The van der Waals surface area contributed by atoms with Gasteiger partial charge in [-0.3, -0.25) is 4.79 Å². The average molecular weight is 265 g/mol. The molecule has 0 amide bonds. The van der Waals surface area contributed by atoms with E-state index in [0.717, 1.165) is 12.8 Å². The molecule has 6 nitrogen and oxygen atoms in total. The molecule has 1 N–H and O–H groups in total. The fourth-order valence-electron chi connectivity index (χ4n) is 2.56. The Balaban J connectivity index is 2.11. The summed E-state index contributed by atoms with van der Waals surface area (Å²) in [6.45, 7) is 3.26. The Morgan fingerprint density at radius 3 is 2.68 bits per heavy atom. The summed E-state index contributed by atoms with van der Waals surface area (Å²) in [6.07, 6.45) is 5.12. The topological polar surface area (TPSA) is 75.5 Å². The van der Waals surface area contributed by atoms with Crippen LogP contribution in [0.4, 0.5) is 5.95 Å². The molecule has 0 spiro atoms. The Morgan fingerprint density at radius 2 is 2.16 bits per heavy atom. The van der Waals surface area contributed by atoms with Crippen molar-refractivity contribution in [3.8, 4) is 5.75 Å². The maximum Gasteiger partial charge on any atom is 0.308 e. The predicted molar refractivity (Wildman–Crippen MR) is 70.3 cm³/mol. The standard InChI is InChI=1S/C13H19N3O3/c1-3-4-9-7-16(8-11(9)12(17)18)13-14-5-10(19-2)6-15-13/h5-6,9,11H,3-4,7-8H2,1-2H3,(H,17,18)/t9-,11-/m1/s1. The van der Waals surface area contributed by atoms with Crippen LogP contribution in [0.2, 0.25) is 0 Å². The van der Waals surface area contributed by atoms with Gasteiger partial charge < -0.3 is 14.7 Å². The molecule has 0 bridgehead atoms. The number of rotatable bonds is 5. The minimum Gasteiger partial charge on any atom is -0.494 e. The van der Waals surface area contributed by atoms with E-state index in [4.69, 9.17) is 4.74 Å². The van der Waals surface area contributed by atoms with E-state index >= 15 is 0 Å². The molecule has 6 heteroatoms. The molecular formula is C13H19N3O3. The smallest absolute Gasteiger partial charge is 0.308 e. The summed E-state index contributed by atoms with van der Waals surface area (Å²) in [5, 5.41) is 9.27. The van der Waals surface area contributed by atoms with E-state index < -0.39 is 5.97 Å². The molecule has 0 radical (unpaired) electrons. The molecular weight excluding hydrogens is 246 g/mol. The zero-order valence-corrected chi connectivity index (χ0v) is 11.2. The number of aromatic nitrogens is 2. The molecule has 1 aromatic heterocycles. The first-order chi connectivity index (χ1) is 9.15. The van der Waals surface area contributed by atoms with Crippen LogP contribution in [0.15, 0.2) is 12.4 Å². The van der Waals surface area contributed by atoms with Gasteiger partial charge in [0, 0.05) is 13.1 Å². The summed E-state index contributed by atoms with van der Waals surface area (Å²) in [5.41, 5.74) is 0. The fourth-order valence-corrected chi connectivity index (χ4v) is 2.56. The van der Waals surface area contributed by atoms with Gasteiger partial charge in [0.05, 0.1) is 25.4 Å². The van der Waals surface area contributed by atoms with E-state index in [9.17, 15) is 9.90 Å². The lowest BCUT2D eigenvalue weighted by Gasteiger charge is -2.15. The van der Waals surface area contributed by atoms with Crippen molar-refractivity contribution >= 4 is 11.9 Å². The third-order valence-electron chi connectivity index (χ3n) is 3.55. The highest BCUT2D eigenvalue weighted by Gasteiger charge is 2.37. The lowest BCUT2D eigenvalue weighted by molar-refractivity contribution is -0.142. The highest BCUT2D eigenvalue weighted by atomic mass is 16.5. The molecule has 0 saturated carbocycles. The Bertz CT molecular complexity index is 435. The van der Waals surface area contributed by atoms with Crippen LogP contribution in [-0.4, -0.2) is 41.2 Å². The van der Waals surface area contributed by atoms with Crippen molar-refractivity contribution in [1.29, 1.82) is 0 Å². The van der Waals surface area contributed by atoms with Gasteiger partial charge >= 0.3 is 5.97 Å². The molecule has 0 aliphatic carbocycles. The normalized spacial score (nSPS) is 22.5. The summed E-state index contributed by atoms with van der Waals surface area (Å²) >= 11 is 0. The molecule has 19 heavy (non-hydrogen) atoms. The highest BCUT2D eigenvalue weighted by Crippen LogP contribution is 2.29. The third-order valence-corrected chi connectivity index (χ3v) is 3.55. The number of carboxylic acid groups (broad SMARTS) is 1. The van der Waals surface area contributed by atoms with E-state index in [1.807, 2.05) is 4.90 Å². The number of ether oxygens (including phenoxy) is 1. The summed E-state index contributed by atoms with van der Waals surface area (Å²) in [6, 6.07) is 0. The molecule has 2 atom stereocenters. The summed E-state index contributed by atoms with van der Waals surface area (Å²) < 4.78 is 5.01. The van der Waals surface area contributed by atoms with Gasteiger partial charge in [0.25, 0.3) is 0 Å². The molecule has 0 unspecified atom stereocenters. The van der Waals surface area contributed by atoms with Crippen molar-refractivity contribution in [2.45, 2.75) is 19.8 Å². The monoisotopic (exact) mass is 265 g/mol. The third kappa shape index (κ3) is 2.94. The van der Waals surface area contributed by atoms with Crippen LogP contribution in [0.3, 0.4) is 0 Å². The van der Waals surface area contributed by atoms with Gasteiger partial charge in [-0.15, -0.1) is 0 Å². The fraction of sp³-hybridized carbons (Fsp3) is 0.615. The van der Waals surface area contributed by atoms with Gasteiger partial charge in [0.15, 0.2) is 5.75 Å². The minimum atomic E-state index is -0.727. The second-order valence-electron chi connectivity index (χ2n) is 4.82. The predicted octanol–water partition coefficient (Wildman–Crippen LogP) is 1.42. The van der Waals surface area contributed by atoms with Crippen molar-refractivity contribution in [1.82, 2.24) is 9.97 Å². The maximum absolute atomic E-state index is 11.3. The zero-order chi connectivity index (χ0) is 13.8. The first-order valence-corrected chi connectivity index (χ1v) is 6.49. The summed E-state index contributed by atoms with van der Waals surface area (Å²) in [4.78, 5) is 21.7. The SMILES string of the molecule is CCC[C@@H]1CN(c2ncc(OC)cn2)C[C@H]1C(=O)O. The van der Waals surface area contributed by atoms with Crippen LogP contribution in [0.1, 0.15) is 19.8 Å². The second-order valence-corrected chi connectivity index (χ2v) is 4.82. The molecule has 1 fully saturated rings. The molecule has 1 aromatic rings. The highest BCUT2D eigenvalue weighted by molar-refractivity contribution is 5.72. The van der Waals surface area contributed by atoms with Gasteiger partial charge in [-0.05, 0) is 12.3 Å². The molecule has 0 aromatic carbocycles. The summed E-state index contributed by atoms with van der Waals surface area (Å²) in [7, 11) is 1.56. The van der Waals surface area contributed by atoms with Crippen molar-refractivity contribution in [3.05, 3.63) is 12.4 Å². The Morgan fingerprint density at radius 1 is 1.47 bits per heavy atom. The molecule has 2 rings (SSSR count). The zero-order valence-electron chi connectivity index (χ0n) is 11.2.